The second-order valence-corrected chi connectivity index (χ2v) is 12.8. The number of aryl methyl sites for hydroxylation is 2. The van der Waals surface area contributed by atoms with E-state index in [1.165, 1.54) is 11.6 Å². The van der Waals surface area contributed by atoms with Gasteiger partial charge in [-0.1, -0.05) is 94.4 Å². The van der Waals surface area contributed by atoms with Crippen LogP contribution in [0.3, 0.4) is 0 Å². The van der Waals surface area contributed by atoms with E-state index in [0.29, 0.717) is 28.9 Å². The fourth-order valence-electron chi connectivity index (χ4n) is 6.74. The Hall–Kier alpha value is -2.30. The Balaban J connectivity index is 1.77. The molecule has 1 saturated carbocycles. The van der Waals surface area contributed by atoms with Crippen LogP contribution in [-0.2, 0) is 16.0 Å². The lowest BCUT2D eigenvalue weighted by molar-refractivity contribution is -0.120. The number of aliphatic imine (C=N–C) groups is 1. The summed E-state index contributed by atoms with van der Waals surface area (Å²) in [7, 11) is 0. The number of carbonyl (C=O) groups is 2. The molecular weight excluding hydrogens is 539 g/mol. The lowest BCUT2D eigenvalue weighted by Gasteiger charge is -2.31. The van der Waals surface area contributed by atoms with Crippen molar-refractivity contribution >= 4 is 40.6 Å². The molecule has 6 heteroatoms. The fraction of sp³-hybridized carbons (Fsp3) is 0.529. The summed E-state index contributed by atoms with van der Waals surface area (Å²) in [4.78, 5) is 36.2. The maximum Gasteiger partial charge on any atom is 0.253 e. The molecule has 1 fully saturated rings. The number of pyridine rings is 1. The van der Waals surface area contributed by atoms with Gasteiger partial charge in [-0.25, -0.2) is 9.98 Å². The van der Waals surface area contributed by atoms with Crippen LogP contribution in [0.2, 0.25) is 10.2 Å². The van der Waals surface area contributed by atoms with Gasteiger partial charge in [0.15, 0.2) is 5.78 Å². The summed E-state index contributed by atoms with van der Waals surface area (Å²) >= 11 is 12.9. The van der Waals surface area contributed by atoms with Gasteiger partial charge >= 0.3 is 0 Å². The summed E-state index contributed by atoms with van der Waals surface area (Å²) < 4.78 is 0. The fourth-order valence-corrected chi connectivity index (χ4v) is 7.05. The molecule has 4 atom stereocenters. The van der Waals surface area contributed by atoms with Gasteiger partial charge in [0.2, 0.25) is 0 Å². The topological polar surface area (TPSA) is 59.4 Å². The Kier molecular flexibility index (Phi) is 10.4. The second kappa shape index (κ2) is 13.6. The van der Waals surface area contributed by atoms with Gasteiger partial charge in [0.25, 0.3) is 5.91 Å². The van der Waals surface area contributed by atoms with Crippen LogP contribution in [0.5, 0.6) is 0 Å². The van der Waals surface area contributed by atoms with Crippen LogP contribution < -0.4 is 0 Å². The first-order valence-corrected chi connectivity index (χ1v) is 15.6. The van der Waals surface area contributed by atoms with Crippen LogP contribution in [-0.4, -0.2) is 22.4 Å². The molecule has 2 aliphatic rings. The lowest BCUT2D eigenvalue weighted by Crippen LogP contribution is -2.29. The number of benzene rings is 1. The van der Waals surface area contributed by atoms with Crippen molar-refractivity contribution in [2.45, 2.75) is 97.3 Å². The SMILES string of the molecule is C=CC(=O)[C@@H]1CCCCC(C2=NC(=O)C(c3c(C)cccc3C(C)C)CCc3nc(Cl)c(Cl)cc32)[C@@H](C)CCC1. The highest BCUT2D eigenvalue weighted by Gasteiger charge is 2.34. The first-order chi connectivity index (χ1) is 19.1. The van der Waals surface area contributed by atoms with Crippen molar-refractivity contribution < 1.29 is 9.59 Å². The molecular formula is C34H42Cl2N2O2. The summed E-state index contributed by atoms with van der Waals surface area (Å²) in [5.74, 6) is 0.488. The van der Waals surface area contributed by atoms with Gasteiger partial charge in [0.05, 0.1) is 22.3 Å². The highest BCUT2D eigenvalue weighted by Crippen LogP contribution is 2.39. The molecule has 1 aromatic heterocycles. The molecule has 2 heterocycles. The van der Waals surface area contributed by atoms with E-state index in [1.807, 2.05) is 6.07 Å². The molecule has 0 saturated heterocycles. The molecule has 0 N–H and O–H groups in total. The smallest absolute Gasteiger partial charge is 0.253 e. The lowest BCUT2D eigenvalue weighted by atomic mass is 9.76. The highest BCUT2D eigenvalue weighted by atomic mass is 35.5. The number of rotatable bonds is 5. The molecule has 1 amide bonds. The van der Waals surface area contributed by atoms with E-state index in [2.05, 4.69) is 52.5 Å². The van der Waals surface area contributed by atoms with Gasteiger partial charge in [-0.2, -0.15) is 0 Å². The Bertz CT molecular complexity index is 1300. The van der Waals surface area contributed by atoms with Gasteiger partial charge in [0, 0.05) is 17.4 Å². The molecule has 214 valence electrons. The van der Waals surface area contributed by atoms with Crippen molar-refractivity contribution in [3.63, 3.8) is 0 Å². The Labute approximate surface area is 249 Å². The number of hydrogen-bond donors (Lipinski definition) is 0. The van der Waals surface area contributed by atoms with Crippen molar-refractivity contribution in [2.24, 2.45) is 22.7 Å². The van der Waals surface area contributed by atoms with Gasteiger partial charge in [-0.15, -0.1) is 0 Å². The minimum Gasteiger partial charge on any atom is -0.295 e. The highest BCUT2D eigenvalue weighted by molar-refractivity contribution is 6.41. The maximum atomic E-state index is 14.1. The zero-order valence-electron chi connectivity index (χ0n) is 24.3. The third kappa shape index (κ3) is 6.77. The third-order valence-electron chi connectivity index (χ3n) is 8.99. The minimum absolute atomic E-state index is 0.0671. The molecule has 4 rings (SSSR count). The average molecular weight is 582 g/mol. The van der Waals surface area contributed by atoms with Crippen LogP contribution in [0.4, 0.5) is 0 Å². The molecule has 2 aromatic rings. The third-order valence-corrected chi connectivity index (χ3v) is 9.66. The zero-order chi connectivity index (χ0) is 29.0. The molecule has 1 aromatic carbocycles. The van der Waals surface area contributed by atoms with E-state index in [0.717, 1.165) is 73.0 Å². The zero-order valence-corrected chi connectivity index (χ0v) is 25.8. The maximum absolute atomic E-state index is 14.1. The van der Waals surface area contributed by atoms with Crippen LogP contribution in [0, 0.1) is 24.7 Å². The predicted octanol–water partition coefficient (Wildman–Crippen LogP) is 9.23. The van der Waals surface area contributed by atoms with Crippen molar-refractivity contribution in [1.29, 1.82) is 0 Å². The molecule has 1 aliphatic carbocycles. The van der Waals surface area contributed by atoms with Gasteiger partial charge < -0.3 is 0 Å². The van der Waals surface area contributed by atoms with Crippen molar-refractivity contribution in [1.82, 2.24) is 4.98 Å². The monoisotopic (exact) mass is 580 g/mol. The number of allylic oxidation sites excluding steroid dienone is 1. The molecule has 2 unspecified atom stereocenters. The number of fused-ring (bicyclic) bond motifs is 1. The summed E-state index contributed by atoms with van der Waals surface area (Å²) in [5, 5.41) is 0.677. The Morgan fingerprint density at radius 3 is 2.52 bits per heavy atom. The number of carbonyl (C=O) groups excluding carboxylic acids is 2. The van der Waals surface area contributed by atoms with E-state index in [-0.39, 0.29) is 35.4 Å². The predicted molar refractivity (Wildman–Crippen MR) is 166 cm³/mol. The van der Waals surface area contributed by atoms with Crippen LogP contribution in [0.15, 0.2) is 41.9 Å². The molecule has 40 heavy (non-hydrogen) atoms. The quantitative estimate of drug-likeness (QED) is 0.261. The number of amides is 1. The van der Waals surface area contributed by atoms with E-state index in [1.54, 1.807) is 0 Å². The Morgan fingerprint density at radius 1 is 1.07 bits per heavy atom. The minimum atomic E-state index is -0.335. The number of hydrogen-bond acceptors (Lipinski definition) is 3. The summed E-state index contributed by atoms with van der Waals surface area (Å²) in [6.45, 7) is 12.4. The van der Waals surface area contributed by atoms with Gasteiger partial charge in [-0.3, -0.25) is 9.59 Å². The van der Waals surface area contributed by atoms with E-state index in [9.17, 15) is 9.59 Å². The summed E-state index contributed by atoms with van der Waals surface area (Å²) in [5.41, 5.74) is 5.97. The second-order valence-electron chi connectivity index (χ2n) is 12.0. The number of halogens is 2. The summed E-state index contributed by atoms with van der Waals surface area (Å²) in [6, 6.07) is 8.18. The first kappa shape index (κ1) is 30.7. The van der Waals surface area contributed by atoms with Crippen LogP contribution in [0.25, 0.3) is 0 Å². The van der Waals surface area contributed by atoms with Gasteiger partial charge in [-0.05, 0) is 79.7 Å². The van der Waals surface area contributed by atoms with Crippen LogP contribution >= 0.6 is 23.2 Å². The first-order valence-electron chi connectivity index (χ1n) is 14.9. The van der Waals surface area contributed by atoms with E-state index >= 15 is 0 Å². The molecule has 4 nitrogen and oxygen atoms in total. The molecule has 0 radical (unpaired) electrons. The largest absolute Gasteiger partial charge is 0.295 e. The summed E-state index contributed by atoms with van der Waals surface area (Å²) in [6.07, 6.45) is 9.22. The Morgan fingerprint density at radius 2 is 1.80 bits per heavy atom. The van der Waals surface area contributed by atoms with Crippen molar-refractivity contribution in [2.75, 3.05) is 0 Å². The molecule has 0 spiro atoms. The standard InChI is InChI=1S/C34H42Cl2N2O2/c1-6-30(39)23-13-7-8-15-25(21(4)11-9-14-23)32-27-19-28(35)33(36)37-29(27)18-17-26(34(40)38-32)31-22(5)12-10-16-24(31)20(2)3/h6,10,12,16,19-21,23,25-26H,1,7-9,11,13-15,17-18H2,2-5H3/t21-,23+,25?,26?/m0/s1. The van der Waals surface area contributed by atoms with E-state index < -0.39 is 0 Å². The average Bonchev–Trinajstić information content (AvgIpc) is 2.92. The molecule has 1 aliphatic heterocycles. The molecule has 0 bridgehead atoms. The van der Waals surface area contributed by atoms with Crippen molar-refractivity contribution in [3.05, 3.63) is 75.0 Å². The van der Waals surface area contributed by atoms with E-state index in [4.69, 9.17) is 33.2 Å². The number of ketones is 1. The number of aromatic nitrogens is 1. The van der Waals surface area contributed by atoms with Gasteiger partial charge in [0.1, 0.15) is 5.15 Å². The van der Waals surface area contributed by atoms with Crippen LogP contribution in [0.1, 0.15) is 112 Å². The number of nitrogens with zero attached hydrogens (tertiary/aromatic N) is 2. The normalized spacial score (nSPS) is 24.5. The van der Waals surface area contributed by atoms with Crippen molar-refractivity contribution in [3.8, 4) is 0 Å².